The SMILES string of the molecule is CNC(=O)c1cc(Oc2cccc(CCNC(=O)c3ccc(OC)c(F)c3)c2)ccn1. The summed E-state index contributed by atoms with van der Waals surface area (Å²) in [6.45, 7) is 0.367. The largest absolute Gasteiger partial charge is 0.494 e. The van der Waals surface area contributed by atoms with E-state index in [0.29, 0.717) is 24.5 Å². The quantitative estimate of drug-likeness (QED) is 0.580. The van der Waals surface area contributed by atoms with Crippen LogP contribution in [0.2, 0.25) is 0 Å². The summed E-state index contributed by atoms with van der Waals surface area (Å²) in [5.41, 5.74) is 1.42. The average molecular weight is 423 g/mol. The molecule has 8 heteroatoms. The van der Waals surface area contributed by atoms with Crippen LogP contribution in [0.4, 0.5) is 4.39 Å². The van der Waals surface area contributed by atoms with Crippen molar-refractivity contribution in [2.75, 3.05) is 20.7 Å². The minimum absolute atomic E-state index is 0.0880. The highest BCUT2D eigenvalue weighted by Crippen LogP contribution is 2.23. The number of amides is 2. The summed E-state index contributed by atoms with van der Waals surface area (Å²) >= 11 is 0. The van der Waals surface area contributed by atoms with Crippen molar-refractivity contribution < 1.29 is 23.5 Å². The number of nitrogens with zero attached hydrogens (tertiary/aromatic N) is 1. The number of carbonyl (C=O) groups excluding carboxylic acids is 2. The second kappa shape index (κ2) is 10.2. The van der Waals surface area contributed by atoms with Crippen LogP contribution in [0.3, 0.4) is 0 Å². The van der Waals surface area contributed by atoms with Crippen LogP contribution in [0.5, 0.6) is 17.2 Å². The van der Waals surface area contributed by atoms with Gasteiger partial charge in [0.25, 0.3) is 11.8 Å². The van der Waals surface area contributed by atoms with Crippen molar-refractivity contribution in [2.24, 2.45) is 0 Å². The van der Waals surface area contributed by atoms with Crippen molar-refractivity contribution >= 4 is 11.8 Å². The maximum absolute atomic E-state index is 13.8. The number of carbonyl (C=O) groups is 2. The Labute approximate surface area is 179 Å². The molecule has 1 heterocycles. The first-order chi connectivity index (χ1) is 15.0. The van der Waals surface area contributed by atoms with Gasteiger partial charge in [0, 0.05) is 31.4 Å². The number of hydrogen-bond donors (Lipinski definition) is 2. The lowest BCUT2D eigenvalue weighted by Gasteiger charge is -2.10. The van der Waals surface area contributed by atoms with Crippen LogP contribution >= 0.6 is 0 Å². The van der Waals surface area contributed by atoms with Crippen LogP contribution in [0.1, 0.15) is 26.4 Å². The van der Waals surface area contributed by atoms with E-state index >= 15 is 0 Å². The fourth-order valence-corrected chi connectivity index (χ4v) is 2.86. The Bertz CT molecular complexity index is 1090. The van der Waals surface area contributed by atoms with E-state index in [1.54, 1.807) is 18.2 Å². The van der Waals surface area contributed by atoms with Crippen LogP contribution in [0, 0.1) is 5.82 Å². The molecule has 2 amide bonds. The predicted molar refractivity (Wildman–Crippen MR) is 113 cm³/mol. The number of halogens is 1. The highest BCUT2D eigenvalue weighted by molar-refractivity contribution is 5.94. The summed E-state index contributed by atoms with van der Waals surface area (Å²) in [6.07, 6.45) is 2.06. The highest BCUT2D eigenvalue weighted by atomic mass is 19.1. The van der Waals surface area contributed by atoms with Crippen molar-refractivity contribution in [2.45, 2.75) is 6.42 Å². The van der Waals surface area contributed by atoms with Gasteiger partial charge in [-0.3, -0.25) is 14.6 Å². The molecule has 0 bridgehead atoms. The summed E-state index contributed by atoms with van der Waals surface area (Å²) < 4.78 is 24.4. The fraction of sp³-hybridized carbons (Fsp3) is 0.174. The van der Waals surface area contributed by atoms with E-state index < -0.39 is 5.82 Å². The molecule has 0 aliphatic heterocycles. The number of ether oxygens (including phenoxy) is 2. The number of aromatic nitrogens is 1. The van der Waals surface area contributed by atoms with Crippen molar-refractivity contribution in [3.63, 3.8) is 0 Å². The van der Waals surface area contributed by atoms with Gasteiger partial charge in [-0.1, -0.05) is 12.1 Å². The number of methoxy groups -OCH3 is 1. The summed E-state index contributed by atoms with van der Waals surface area (Å²) in [4.78, 5) is 27.9. The standard InChI is InChI=1S/C23H22FN3O4/c1-25-23(29)20-14-18(9-11-26-20)31-17-5-3-4-15(12-17)8-10-27-22(28)16-6-7-21(30-2)19(24)13-16/h3-7,9,11-14H,8,10H2,1-2H3,(H,25,29)(H,27,28). The normalized spacial score (nSPS) is 10.3. The van der Waals surface area contributed by atoms with Gasteiger partial charge in [0.1, 0.15) is 17.2 Å². The summed E-state index contributed by atoms with van der Waals surface area (Å²) in [7, 11) is 2.90. The second-order valence-corrected chi connectivity index (χ2v) is 6.56. The van der Waals surface area contributed by atoms with E-state index in [9.17, 15) is 14.0 Å². The van der Waals surface area contributed by atoms with Gasteiger partial charge < -0.3 is 20.1 Å². The van der Waals surface area contributed by atoms with Gasteiger partial charge >= 0.3 is 0 Å². The Morgan fingerprint density at radius 1 is 1.03 bits per heavy atom. The minimum atomic E-state index is -0.587. The molecule has 31 heavy (non-hydrogen) atoms. The third-order valence-electron chi connectivity index (χ3n) is 4.44. The van der Waals surface area contributed by atoms with Crippen molar-refractivity contribution in [3.05, 3.63) is 83.4 Å². The maximum Gasteiger partial charge on any atom is 0.269 e. The Balaban J connectivity index is 1.58. The van der Waals surface area contributed by atoms with E-state index in [2.05, 4.69) is 15.6 Å². The zero-order valence-electron chi connectivity index (χ0n) is 17.1. The zero-order valence-corrected chi connectivity index (χ0v) is 17.1. The molecule has 0 atom stereocenters. The van der Waals surface area contributed by atoms with E-state index in [1.165, 1.54) is 32.5 Å². The Kier molecular flexibility index (Phi) is 7.16. The first-order valence-electron chi connectivity index (χ1n) is 9.57. The first kappa shape index (κ1) is 21.8. The molecule has 2 N–H and O–H groups in total. The summed E-state index contributed by atoms with van der Waals surface area (Å²) in [6, 6.07) is 14.7. The number of hydrogen-bond acceptors (Lipinski definition) is 5. The third kappa shape index (κ3) is 5.79. The molecule has 0 spiro atoms. The van der Waals surface area contributed by atoms with Crippen LogP contribution < -0.4 is 20.1 Å². The van der Waals surface area contributed by atoms with Gasteiger partial charge in [-0.05, 0) is 48.4 Å². The lowest BCUT2D eigenvalue weighted by Crippen LogP contribution is -2.25. The predicted octanol–water partition coefficient (Wildman–Crippen LogP) is 3.35. The Hall–Kier alpha value is -3.94. The van der Waals surface area contributed by atoms with Crippen molar-refractivity contribution in [3.8, 4) is 17.2 Å². The molecule has 0 fully saturated rings. The molecular weight excluding hydrogens is 401 g/mol. The van der Waals surface area contributed by atoms with Gasteiger partial charge in [-0.15, -0.1) is 0 Å². The molecular formula is C23H22FN3O4. The lowest BCUT2D eigenvalue weighted by atomic mass is 10.1. The van der Waals surface area contributed by atoms with Gasteiger partial charge in [0.2, 0.25) is 0 Å². The minimum Gasteiger partial charge on any atom is -0.494 e. The van der Waals surface area contributed by atoms with Gasteiger partial charge in [-0.25, -0.2) is 4.39 Å². The second-order valence-electron chi connectivity index (χ2n) is 6.56. The van der Waals surface area contributed by atoms with Crippen LogP contribution in [-0.4, -0.2) is 37.5 Å². The average Bonchev–Trinajstić information content (AvgIpc) is 2.79. The van der Waals surface area contributed by atoms with Crippen LogP contribution in [0.25, 0.3) is 0 Å². The summed E-state index contributed by atoms with van der Waals surface area (Å²) in [5.74, 6) is -0.0875. The molecule has 0 saturated carbocycles. The lowest BCUT2D eigenvalue weighted by molar-refractivity contribution is 0.0947. The monoisotopic (exact) mass is 423 g/mol. The van der Waals surface area contributed by atoms with Gasteiger partial charge in [0.15, 0.2) is 11.6 Å². The molecule has 3 aromatic rings. The van der Waals surface area contributed by atoms with Gasteiger partial charge in [0.05, 0.1) is 7.11 Å². The smallest absolute Gasteiger partial charge is 0.269 e. The van der Waals surface area contributed by atoms with Gasteiger partial charge in [-0.2, -0.15) is 0 Å². The number of rotatable bonds is 8. The molecule has 160 valence electrons. The van der Waals surface area contributed by atoms with Crippen molar-refractivity contribution in [1.82, 2.24) is 15.6 Å². The molecule has 0 radical (unpaired) electrons. The molecule has 1 aromatic heterocycles. The highest BCUT2D eigenvalue weighted by Gasteiger charge is 2.10. The molecule has 3 rings (SSSR count). The molecule has 0 unspecified atom stereocenters. The van der Waals surface area contributed by atoms with E-state index in [-0.39, 0.29) is 28.8 Å². The van der Waals surface area contributed by atoms with E-state index in [0.717, 1.165) is 11.6 Å². The molecule has 0 saturated heterocycles. The number of benzene rings is 2. The Morgan fingerprint density at radius 3 is 2.58 bits per heavy atom. The number of pyridine rings is 1. The Morgan fingerprint density at radius 2 is 1.84 bits per heavy atom. The first-order valence-corrected chi connectivity index (χ1v) is 9.57. The molecule has 2 aromatic carbocycles. The van der Waals surface area contributed by atoms with E-state index in [4.69, 9.17) is 9.47 Å². The van der Waals surface area contributed by atoms with Crippen molar-refractivity contribution in [1.29, 1.82) is 0 Å². The third-order valence-corrected chi connectivity index (χ3v) is 4.44. The molecule has 0 aliphatic rings. The topological polar surface area (TPSA) is 89.6 Å². The molecule has 7 nitrogen and oxygen atoms in total. The van der Waals surface area contributed by atoms with Crippen LogP contribution in [-0.2, 0) is 6.42 Å². The summed E-state index contributed by atoms with van der Waals surface area (Å²) in [5, 5.41) is 5.28. The molecule has 0 aliphatic carbocycles. The zero-order chi connectivity index (χ0) is 22.2. The van der Waals surface area contributed by atoms with Crippen LogP contribution in [0.15, 0.2) is 60.8 Å². The maximum atomic E-state index is 13.8. The fourth-order valence-electron chi connectivity index (χ4n) is 2.86. The number of nitrogens with one attached hydrogen (secondary N) is 2. The van der Waals surface area contributed by atoms with E-state index in [1.807, 2.05) is 18.2 Å².